The lowest BCUT2D eigenvalue weighted by Crippen LogP contribution is -2.45. The number of fused-ring (bicyclic) bond motifs is 2. The third-order valence-corrected chi connectivity index (χ3v) is 5.84. The Kier molecular flexibility index (Phi) is 5.93. The first-order valence-electron chi connectivity index (χ1n) is 10.6. The Morgan fingerprint density at radius 3 is 2.63 bits per heavy atom. The number of ether oxygens (including phenoxy) is 2. The smallest absolute Gasteiger partial charge is 0.256 e. The number of anilines is 1. The molecule has 2 aliphatic rings. The van der Waals surface area contributed by atoms with E-state index in [2.05, 4.69) is 6.92 Å². The second kappa shape index (κ2) is 8.78. The molecule has 30 heavy (non-hydrogen) atoms. The van der Waals surface area contributed by atoms with Crippen LogP contribution in [0.4, 0.5) is 5.69 Å². The fourth-order valence-electron chi connectivity index (χ4n) is 4.22. The van der Waals surface area contributed by atoms with Crippen molar-refractivity contribution in [2.75, 3.05) is 25.1 Å². The number of carbonyl (C=O) groups excluding carboxylic acids is 2. The summed E-state index contributed by atoms with van der Waals surface area (Å²) in [6.07, 6.45) is 3.41. The van der Waals surface area contributed by atoms with Crippen LogP contribution in [0.25, 0.3) is 0 Å². The Morgan fingerprint density at radius 1 is 1.10 bits per heavy atom. The van der Waals surface area contributed by atoms with Gasteiger partial charge in [-0.3, -0.25) is 9.59 Å². The summed E-state index contributed by atoms with van der Waals surface area (Å²) in [5.41, 5.74) is 2.16. The molecule has 158 valence electrons. The summed E-state index contributed by atoms with van der Waals surface area (Å²) in [5.74, 6) is 0.933. The van der Waals surface area contributed by atoms with E-state index in [4.69, 9.17) is 9.47 Å². The molecular weight excluding hydrogens is 380 g/mol. The van der Waals surface area contributed by atoms with Crippen LogP contribution in [0.1, 0.15) is 48.5 Å². The van der Waals surface area contributed by atoms with Crippen LogP contribution in [-0.4, -0.2) is 43.0 Å². The van der Waals surface area contributed by atoms with E-state index in [1.807, 2.05) is 30.3 Å². The summed E-state index contributed by atoms with van der Waals surface area (Å²) in [6, 6.07) is 13.0. The molecule has 0 radical (unpaired) electrons. The molecule has 4 rings (SSSR count). The van der Waals surface area contributed by atoms with Crippen molar-refractivity contribution in [1.82, 2.24) is 4.90 Å². The van der Waals surface area contributed by atoms with Crippen LogP contribution in [0.2, 0.25) is 0 Å². The van der Waals surface area contributed by atoms with Crippen LogP contribution >= 0.6 is 0 Å². The minimum absolute atomic E-state index is 0.00669. The van der Waals surface area contributed by atoms with Crippen LogP contribution in [0, 0.1) is 0 Å². The van der Waals surface area contributed by atoms with Gasteiger partial charge in [-0.2, -0.15) is 0 Å². The summed E-state index contributed by atoms with van der Waals surface area (Å²) < 4.78 is 11.6. The Hall–Kier alpha value is -3.02. The normalized spacial score (nSPS) is 18.1. The highest BCUT2D eigenvalue weighted by Crippen LogP contribution is 2.40. The van der Waals surface area contributed by atoms with E-state index >= 15 is 0 Å². The number of hydrogen-bond acceptors (Lipinski definition) is 4. The molecule has 2 aliphatic heterocycles. The molecule has 1 atom stereocenters. The SMILES string of the molecule is CCCCN1C(=O)[C@@H]2CCCN2C(=O)c2cc(OC)c(OCc3ccccc3)cc21. The Balaban J connectivity index is 1.74. The third kappa shape index (κ3) is 3.74. The molecule has 0 unspecified atom stereocenters. The van der Waals surface area contributed by atoms with Gasteiger partial charge in [0.25, 0.3) is 5.91 Å². The number of nitrogens with zero attached hydrogens (tertiary/aromatic N) is 2. The van der Waals surface area contributed by atoms with E-state index in [0.717, 1.165) is 31.2 Å². The van der Waals surface area contributed by atoms with Crippen LogP contribution < -0.4 is 14.4 Å². The maximum Gasteiger partial charge on any atom is 0.256 e. The van der Waals surface area contributed by atoms with E-state index in [1.165, 1.54) is 0 Å². The number of methoxy groups -OCH3 is 1. The highest BCUT2D eigenvalue weighted by atomic mass is 16.5. The standard InChI is InChI=1S/C24H28N2O4/c1-3-4-12-26-20-15-22(30-16-17-9-6-5-7-10-17)21(29-2)14-18(20)23(27)25-13-8-11-19(25)24(26)28/h5-7,9-10,14-15,19H,3-4,8,11-13,16H2,1-2H3/t19-/m0/s1. The Morgan fingerprint density at radius 2 is 1.90 bits per heavy atom. The molecule has 0 saturated carbocycles. The lowest BCUT2D eigenvalue weighted by molar-refractivity contribution is -0.122. The van der Waals surface area contributed by atoms with Crippen molar-refractivity contribution in [3.63, 3.8) is 0 Å². The molecule has 0 aromatic heterocycles. The van der Waals surface area contributed by atoms with Crippen molar-refractivity contribution < 1.29 is 19.1 Å². The minimum Gasteiger partial charge on any atom is -0.493 e. The molecule has 0 N–H and O–H groups in total. The second-order valence-corrected chi connectivity index (χ2v) is 7.79. The average molecular weight is 408 g/mol. The van der Waals surface area contributed by atoms with Gasteiger partial charge in [-0.05, 0) is 30.9 Å². The van der Waals surface area contributed by atoms with Gasteiger partial charge in [-0.25, -0.2) is 0 Å². The molecule has 1 saturated heterocycles. The van der Waals surface area contributed by atoms with Crippen LogP contribution in [0.15, 0.2) is 42.5 Å². The first-order chi connectivity index (χ1) is 14.6. The minimum atomic E-state index is -0.374. The van der Waals surface area contributed by atoms with Gasteiger partial charge in [-0.1, -0.05) is 43.7 Å². The molecule has 0 spiro atoms. The summed E-state index contributed by atoms with van der Waals surface area (Å²) >= 11 is 0. The first kappa shape index (κ1) is 20.3. The summed E-state index contributed by atoms with van der Waals surface area (Å²) in [4.78, 5) is 30.1. The summed E-state index contributed by atoms with van der Waals surface area (Å²) in [5, 5.41) is 0. The van der Waals surface area contributed by atoms with Crippen LogP contribution in [0.3, 0.4) is 0 Å². The molecule has 2 aromatic rings. The van der Waals surface area contributed by atoms with Crippen molar-refractivity contribution in [2.45, 2.75) is 45.3 Å². The monoisotopic (exact) mass is 408 g/mol. The quantitative estimate of drug-likeness (QED) is 0.694. The van der Waals surface area contributed by atoms with E-state index in [9.17, 15) is 9.59 Å². The fourth-order valence-corrected chi connectivity index (χ4v) is 4.22. The van der Waals surface area contributed by atoms with E-state index in [0.29, 0.717) is 42.4 Å². The maximum absolute atomic E-state index is 13.3. The number of unbranched alkanes of at least 4 members (excludes halogenated alkanes) is 1. The Bertz CT molecular complexity index is 928. The van der Waals surface area contributed by atoms with Gasteiger partial charge < -0.3 is 19.3 Å². The predicted molar refractivity (Wildman–Crippen MR) is 115 cm³/mol. The molecule has 2 heterocycles. The van der Waals surface area contributed by atoms with E-state index < -0.39 is 0 Å². The van der Waals surface area contributed by atoms with E-state index in [1.54, 1.807) is 29.0 Å². The molecule has 0 aliphatic carbocycles. The molecule has 0 bridgehead atoms. The van der Waals surface area contributed by atoms with Gasteiger partial charge in [0.1, 0.15) is 12.6 Å². The highest BCUT2D eigenvalue weighted by molar-refractivity contribution is 6.11. The molecule has 2 aromatic carbocycles. The van der Waals surface area contributed by atoms with Crippen molar-refractivity contribution in [3.8, 4) is 11.5 Å². The van der Waals surface area contributed by atoms with Crippen molar-refractivity contribution in [3.05, 3.63) is 53.6 Å². The van der Waals surface area contributed by atoms with Gasteiger partial charge in [0.2, 0.25) is 5.91 Å². The zero-order chi connectivity index (χ0) is 21.1. The number of benzene rings is 2. The van der Waals surface area contributed by atoms with Gasteiger partial charge >= 0.3 is 0 Å². The fraction of sp³-hybridized carbons (Fsp3) is 0.417. The first-order valence-corrected chi connectivity index (χ1v) is 10.6. The van der Waals surface area contributed by atoms with Gasteiger partial charge in [0.15, 0.2) is 11.5 Å². The zero-order valence-corrected chi connectivity index (χ0v) is 17.6. The largest absolute Gasteiger partial charge is 0.493 e. The summed E-state index contributed by atoms with van der Waals surface area (Å²) in [6.45, 7) is 3.68. The van der Waals surface area contributed by atoms with Gasteiger partial charge in [0.05, 0.1) is 18.4 Å². The van der Waals surface area contributed by atoms with Gasteiger partial charge in [0, 0.05) is 19.2 Å². The third-order valence-electron chi connectivity index (χ3n) is 5.84. The maximum atomic E-state index is 13.3. The molecule has 6 nitrogen and oxygen atoms in total. The number of carbonyl (C=O) groups is 2. The van der Waals surface area contributed by atoms with Gasteiger partial charge in [-0.15, -0.1) is 0 Å². The number of hydrogen-bond donors (Lipinski definition) is 0. The average Bonchev–Trinajstić information content (AvgIpc) is 3.25. The molecule has 1 fully saturated rings. The summed E-state index contributed by atoms with van der Waals surface area (Å²) in [7, 11) is 1.57. The number of rotatable bonds is 7. The predicted octanol–water partition coefficient (Wildman–Crippen LogP) is 4.03. The molecule has 6 heteroatoms. The van der Waals surface area contributed by atoms with E-state index in [-0.39, 0.29) is 17.9 Å². The Labute approximate surface area is 177 Å². The lowest BCUT2D eigenvalue weighted by Gasteiger charge is -2.26. The second-order valence-electron chi connectivity index (χ2n) is 7.79. The lowest BCUT2D eigenvalue weighted by atomic mass is 10.1. The molecule has 2 amide bonds. The molecular formula is C24H28N2O4. The van der Waals surface area contributed by atoms with Crippen molar-refractivity contribution >= 4 is 17.5 Å². The highest BCUT2D eigenvalue weighted by Gasteiger charge is 2.42. The van der Waals surface area contributed by atoms with Crippen LogP contribution in [0.5, 0.6) is 11.5 Å². The van der Waals surface area contributed by atoms with Crippen molar-refractivity contribution in [2.24, 2.45) is 0 Å². The topological polar surface area (TPSA) is 59.1 Å². The van der Waals surface area contributed by atoms with Crippen LogP contribution in [-0.2, 0) is 11.4 Å². The van der Waals surface area contributed by atoms with Crippen molar-refractivity contribution in [1.29, 1.82) is 0 Å². The zero-order valence-electron chi connectivity index (χ0n) is 17.6. The number of amides is 2.